The van der Waals surface area contributed by atoms with Crippen LogP contribution in [0.2, 0.25) is 0 Å². The van der Waals surface area contributed by atoms with Gasteiger partial charge in [0.2, 0.25) is 6.29 Å². The van der Waals surface area contributed by atoms with E-state index in [-0.39, 0.29) is 24.5 Å². The van der Waals surface area contributed by atoms with Crippen molar-refractivity contribution in [2.24, 2.45) is 5.92 Å². The fourth-order valence-electron chi connectivity index (χ4n) is 4.86. The lowest BCUT2D eigenvalue weighted by Crippen LogP contribution is -2.60. The first-order valence-electron chi connectivity index (χ1n) is 12.4. The molecule has 0 bridgehead atoms. The minimum atomic E-state index is -1.81. The Balaban J connectivity index is 1.52. The Morgan fingerprint density at radius 2 is 1.49 bits per heavy atom. The third-order valence-electron chi connectivity index (χ3n) is 7.17. The first-order valence-corrected chi connectivity index (χ1v) is 12.4. The van der Waals surface area contributed by atoms with Gasteiger partial charge >= 0.3 is 5.97 Å². The topological polar surface area (TPSA) is 174 Å². The van der Waals surface area contributed by atoms with E-state index in [0.717, 1.165) is 5.56 Å². The minimum absolute atomic E-state index is 0.0408. The number of hydrogen-bond acceptors (Lipinski definition) is 12. The molecule has 0 aromatic heterocycles. The zero-order valence-electron chi connectivity index (χ0n) is 21.9. The maximum Gasteiger partial charge on any atom is 0.338 e. The second-order valence-corrected chi connectivity index (χ2v) is 9.59. The number of hydrogen-bond donors (Lipinski definition) is 5. The quantitative estimate of drug-likeness (QED) is 0.242. The van der Waals surface area contributed by atoms with Crippen LogP contribution in [0.4, 0.5) is 0 Å². The molecular formula is C27H34O12. The van der Waals surface area contributed by atoms with Gasteiger partial charge in [0, 0.05) is 12.3 Å². The highest BCUT2D eigenvalue weighted by molar-refractivity contribution is 5.82. The molecule has 0 spiro atoms. The summed E-state index contributed by atoms with van der Waals surface area (Å²) >= 11 is 0. The zero-order valence-corrected chi connectivity index (χ0v) is 21.9. The van der Waals surface area contributed by atoms with Gasteiger partial charge in [0.15, 0.2) is 28.6 Å². The largest absolute Gasteiger partial charge is 0.493 e. The molecule has 0 radical (unpaired) electrons. The SMILES string of the molecule is COc1ccc(CC2COC(=O)C2(O)Cc2ccc(O[C@@H]3O[C@H](CO)[C@@H](O)[C@H](O)[C@H]3O)c(OC)c2)cc1OC. The lowest BCUT2D eigenvalue weighted by Gasteiger charge is -2.39. The summed E-state index contributed by atoms with van der Waals surface area (Å²) in [7, 11) is 4.45. The first kappa shape index (κ1) is 28.9. The van der Waals surface area contributed by atoms with E-state index >= 15 is 0 Å². The average molecular weight is 551 g/mol. The Morgan fingerprint density at radius 3 is 2.15 bits per heavy atom. The van der Waals surface area contributed by atoms with Crippen molar-refractivity contribution in [2.45, 2.75) is 49.1 Å². The molecule has 4 rings (SSSR count). The summed E-state index contributed by atoms with van der Waals surface area (Å²) in [5.74, 6) is 0.161. The van der Waals surface area contributed by atoms with Gasteiger partial charge in [-0.15, -0.1) is 0 Å². The third kappa shape index (κ3) is 5.76. The second-order valence-electron chi connectivity index (χ2n) is 9.59. The van der Waals surface area contributed by atoms with Crippen molar-refractivity contribution in [3.8, 4) is 23.0 Å². The molecule has 0 saturated carbocycles. The van der Waals surface area contributed by atoms with E-state index in [1.807, 2.05) is 6.07 Å². The van der Waals surface area contributed by atoms with Crippen molar-refractivity contribution < 1.29 is 58.7 Å². The number of aliphatic hydroxyl groups excluding tert-OH is 4. The molecule has 0 aliphatic carbocycles. The molecular weight excluding hydrogens is 516 g/mol. The molecule has 12 heteroatoms. The first-order chi connectivity index (χ1) is 18.6. The van der Waals surface area contributed by atoms with Crippen LogP contribution in [0.3, 0.4) is 0 Å². The molecule has 7 atom stereocenters. The molecule has 2 aliphatic rings. The molecule has 2 aliphatic heterocycles. The second kappa shape index (κ2) is 11.9. The van der Waals surface area contributed by atoms with E-state index in [4.69, 9.17) is 28.4 Å². The molecule has 2 aromatic carbocycles. The van der Waals surface area contributed by atoms with Crippen LogP contribution in [-0.2, 0) is 27.1 Å². The fourth-order valence-corrected chi connectivity index (χ4v) is 4.86. The average Bonchev–Trinajstić information content (AvgIpc) is 3.21. The number of benzene rings is 2. The smallest absolute Gasteiger partial charge is 0.338 e. The molecule has 2 saturated heterocycles. The summed E-state index contributed by atoms with van der Waals surface area (Å²) in [5.41, 5.74) is -0.431. The van der Waals surface area contributed by atoms with Gasteiger partial charge in [0.05, 0.1) is 34.5 Å². The number of rotatable bonds is 10. The van der Waals surface area contributed by atoms with Crippen molar-refractivity contribution >= 4 is 5.97 Å². The van der Waals surface area contributed by atoms with Crippen molar-refractivity contribution in [3.05, 3.63) is 47.5 Å². The van der Waals surface area contributed by atoms with Crippen LogP contribution in [0, 0.1) is 5.92 Å². The standard InChI is InChI=1S/C27H34O12/c1-34-17-6-4-14(9-19(17)35-2)8-16-13-37-26(32)27(16,33)11-15-5-7-18(20(10-15)36-3)38-25-24(31)23(30)22(29)21(12-28)39-25/h4-7,9-10,16,21-25,28-31,33H,8,11-13H2,1-3H3/t16?,21-,22-,23+,24-,25-,27?/m1/s1. The Kier molecular flexibility index (Phi) is 8.84. The van der Waals surface area contributed by atoms with Crippen LogP contribution < -0.4 is 18.9 Å². The molecule has 2 aromatic rings. The van der Waals surface area contributed by atoms with E-state index in [1.165, 1.54) is 27.4 Å². The zero-order chi connectivity index (χ0) is 28.3. The van der Waals surface area contributed by atoms with Crippen LogP contribution in [0.15, 0.2) is 36.4 Å². The summed E-state index contributed by atoms with van der Waals surface area (Å²) in [6.45, 7) is -0.556. The molecule has 0 amide bonds. The van der Waals surface area contributed by atoms with Gasteiger partial charge in [-0.05, 0) is 41.8 Å². The van der Waals surface area contributed by atoms with Crippen molar-refractivity contribution in [1.29, 1.82) is 0 Å². The van der Waals surface area contributed by atoms with Gasteiger partial charge in [-0.1, -0.05) is 12.1 Å². The summed E-state index contributed by atoms with van der Waals surface area (Å²) in [5, 5.41) is 51.2. The van der Waals surface area contributed by atoms with Gasteiger partial charge in [0.1, 0.15) is 24.4 Å². The lowest BCUT2D eigenvalue weighted by atomic mass is 9.81. The van der Waals surface area contributed by atoms with Gasteiger partial charge in [0.25, 0.3) is 0 Å². The van der Waals surface area contributed by atoms with E-state index in [2.05, 4.69) is 0 Å². The van der Waals surface area contributed by atoms with Gasteiger partial charge in [-0.2, -0.15) is 0 Å². The van der Waals surface area contributed by atoms with Crippen molar-refractivity contribution in [3.63, 3.8) is 0 Å². The van der Waals surface area contributed by atoms with Gasteiger partial charge < -0.3 is 54.0 Å². The Labute approximate surface area is 225 Å². The monoisotopic (exact) mass is 550 g/mol. The molecule has 39 heavy (non-hydrogen) atoms. The van der Waals surface area contributed by atoms with Crippen LogP contribution in [0.5, 0.6) is 23.0 Å². The van der Waals surface area contributed by atoms with Gasteiger partial charge in [-0.3, -0.25) is 0 Å². The highest BCUT2D eigenvalue weighted by Crippen LogP contribution is 2.38. The predicted molar refractivity (Wildman–Crippen MR) is 134 cm³/mol. The van der Waals surface area contributed by atoms with Gasteiger partial charge in [-0.25, -0.2) is 4.79 Å². The maximum absolute atomic E-state index is 12.7. The van der Waals surface area contributed by atoms with Crippen LogP contribution >= 0.6 is 0 Å². The molecule has 5 N–H and O–H groups in total. The molecule has 214 valence electrons. The number of cyclic esters (lactones) is 1. The fraction of sp³-hybridized carbons (Fsp3) is 0.519. The normalized spacial score (nSPS) is 30.5. The predicted octanol–water partition coefficient (Wildman–Crippen LogP) is -0.420. The minimum Gasteiger partial charge on any atom is -0.493 e. The van der Waals surface area contributed by atoms with Crippen molar-refractivity contribution in [1.82, 2.24) is 0 Å². The number of carbonyl (C=O) groups excluding carboxylic acids is 1. The highest BCUT2D eigenvalue weighted by Gasteiger charge is 2.51. The molecule has 2 heterocycles. The number of methoxy groups -OCH3 is 3. The summed E-state index contributed by atoms with van der Waals surface area (Å²) < 4.78 is 32.4. The molecule has 12 nitrogen and oxygen atoms in total. The maximum atomic E-state index is 12.7. The lowest BCUT2D eigenvalue weighted by molar-refractivity contribution is -0.277. The van der Waals surface area contributed by atoms with Crippen molar-refractivity contribution in [2.75, 3.05) is 34.5 Å². The molecule has 2 unspecified atom stereocenters. The Hall–Kier alpha value is -3.13. The Bertz CT molecular complexity index is 1150. The van der Waals surface area contributed by atoms with Crippen LogP contribution in [0.1, 0.15) is 11.1 Å². The number of carbonyl (C=O) groups is 1. The number of aliphatic hydroxyl groups is 5. The third-order valence-corrected chi connectivity index (χ3v) is 7.17. The summed E-state index contributed by atoms with van der Waals surface area (Å²) in [6, 6.07) is 10.1. The highest BCUT2D eigenvalue weighted by atomic mass is 16.7. The summed E-state index contributed by atoms with van der Waals surface area (Å²) in [6.07, 6.45) is -6.98. The van der Waals surface area contributed by atoms with E-state index in [1.54, 1.807) is 24.3 Å². The van der Waals surface area contributed by atoms with E-state index < -0.39 is 54.8 Å². The summed E-state index contributed by atoms with van der Waals surface area (Å²) in [4.78, 5) is 12.7. The van der Waals surface area contributed by atoms with Crippen LogP contribution in [-0.4, -0.2) is 102 Å². The van der Waals surface area contributed by atoms with E-state index in [0.29, 0.717) is 23.5 Å². The van der Waals surface area contributed by atoms with E-state index in [9.17, 15) is 30.3 Å². The number of esters is 1. The Morgan fingerprint density at radius 1 is 0.872 bits per heavy atom. The number of ether oxygens (including phenoxy) is 6. The molecule has 2 fully saturated rings. The van der Waals surface area contributed by atoms with Crippen LogP contribution in [0.25, 0.3) is 0 Å².